The summed E-state index contributed by atoms with van der Waals surface area (Å²) in [4.78, 5) is 19.9. The maximum Gasteiger partial charge on any atom is 0.336 e. The molecule has 1 heterocycles. The lowest BCUT2D eigenvalue weighted by atomic mass is 9.99. The number of anilines is 1. The van der Waals surface area contributed by atoms with E-state index in [1.165, 1.54) is 0 Å². The molecule has 0 bridgehead atoms. The molecule has 0 amide bonds. The van der Waals surface area contributed by atoms with E-state index in [9.17, 15) is 9.90 Å². The highest BCUT2D eigenvalue weighted by Gasteiger charge is 2.11. The van der Waals surface area contributed by atoms with E-state index in [1.807, 2.05) is 60.7 Å². The number of benzene rings is 3. The number of fused-ring (bicyclic) bond motifs is 1. The first-order valence-electron chi connectivity index (χ1n) is 8.69. The molecule has 138 valence electrons. The number of aromatic nitrogens is 2. The van der Waals surface area contributed by atoms with Crippen LogP contribution in [-0.4, -0.2) is 21.0 Å². The van der Waals surface area contributed by atoms with Crippen molar-refractivity contribution in [1.82, 2.24) is 9.97 Å². The lowest BCUT2D eigenvalue weighted by Gasteiger charge is -2.10. The van der Waals surface area contributed by atoms with Crippen molar-refractivity contribution in [2.45, 2.75) is 6.54 Å². The van der Waals surface area contributed by atoms with Crippen molar-refractivity contribution >= 4 is 34.3 Å². The molecule has 28 heavy (non-hydrogen) atoms. The standard InChI is InChI=1S/C22H16ClN3O2/c23-22-25-19-8-4-3-7-18(19)20(26-22)24-13-14-9-11-15(12-10-14)16-5-1-2-6-17(16)21(27)28/h1-12H,13H2,(H,27,28)(H,24,25,26). The number of nitrogens with one attached hydrogen (secondary N) is 1. The Bertz CT molecular complexity index is 1160. The van der Waals surface area contributed by atoms with E-state index in [2.05, 4.69) is 15.3 Å². The molecule has 0 aliphatic heterocycles. The number of para-hydroxylation sites is 1. The van der Waals surface area contributed by atoms with E-state index in [1.54, 1.807) is 12.1 Å². The van der Waals surface area contributed by atoms with Gasteiger partial charge in [-0.15, -0.1) is 0 Å². The van der Waals surface area contributed by atoms with Gasteiger partial charge < -0.3 is 10.4 Å². The van der Waals surface area contributed by atoms with E-state index in [-0.39, 0.29) is 10.8 Å². The van der Waals surface area contributed by atoms with Crippen LogP contribution >= 0.6 is 11.6 Å². The molecule has 0 saturated heterocycles. The van der Waals surface area contributed by atoms with Gasteiger partial charge in [-0.1, -0.05) is 54.6 Å². The van der Waals surface area contributed by atoms with Crippen LogP contribution in [0.5, 0.6) is 0 Å². The second kappa shape index (κ2) is 7.66. The number of aromatic carboxylic acids is 1. The highest BCUT2D eigenvalue weighted by molar-refractivity contribution is 6.28. The average molecular weight is 390 g/mol. The van der Waals surface area contributed by atoms with Crippen LogP contribution in [0.15, 0.2) is 72.8 Å². The Labute approximate surface area is 166 Å². The Kier molecular flexibility index (Phi) is 4.91. The van der Waals surface area contributed by atoms with Crippen LogP contribution in [0, 0.1) is 0 Å². The Balaban J connectivity index is 1.56. The predicted octanol–water partition coefficient (Wildman–Crippen LogP) is 5.26. The summed E-state index contributed by atoms with van der Waals surface area (Å²) < 4.78 is 0. The van der Waals surface area contributed by atoms with Crippen molar-refractivity contribution < 1.29 is 9.90 Å². The van der Waals surface area contributed by atoms with Crippen LogP contribution in [-0.2, 0) is 6.54 Å². The SMILES string of the molecule is O=C(O)c1ccccc1-c1ccc(CNc2nc(Cl)nc3ccccc23)cc1. The number of nitrogens with zero attached hydrogens (tertiary/aromatic N) is 2. The Morgan fingerprint density at radius 2 is 1.64 bits per heavy atom. The van der Waals surface area contributed by atoms with E-state index >= 15 is 0 Å². The Morgan fingerprint density at radius 1 is 0.929 bits per heavy atom. The molecule has 6 heteroatoms. The fourth-order valence-electron chi connectivity index (χ4n) is 3.09. The van der Waals surface area contributed by atoms with Gasteiger partial charge in [0.1, 0.15) is 5.82 Å². The Morgan fingerprint density at radius 3 is 2.43 bits per heavy atom. The second-order valence-electron chi connectivity index (χ2n) is 6.26. The molecule has 0 saturated carbocycles. The highest BCUT2D eigenvalue weighted by atomic mass is 35.5. The van der Waals surface area contributed by atoms with Gasteiger partial charge in [-0.05, 0) is 46.5 Å². The molecule has 0 aliphatic rings. The van der Waals surface area contributed by atoms with Crippen molar-refractivity contribution in [2.75, 3.05) is 5.32 Å². The molecule has 0 spiro atoms. The average Bonchev–Trinajstić information content (AvgIpc) is 2.72. The van der Waals surface area contributed by atoms with Gasteiger partial charge in [0, 0.05) is 11.9 Å². The van der Waals surface area contributed by atoms with Gasteiger partial charge in [0.15, 0.2) is 0 Å². The minimum Gasteiger partial charge on any atom is -0.478 e. The monoisotopic (exact) mass is 389 g/mol. The normalized spacial score (nSPS) is 10.8. The summed E-state index contributed by atoms with van der Waals surface area (Å²) in [6.07, 6.45) is 0. The van der Waals surface area contributed by atoms with Crippen molar-refractivity contribution in [1.29, 1.82) is 0 Å². The van der Waals surface area contributed by atoms with E-state index in [0.29, 0.717) is 17.9 Å². The molecule has 0 aliphatic carbocycles. The lowest BCUT2D eigenvalue weighted by Crippen LogP contribution is -2.03. The van der Waals surface area contributed by atoms with Crippen LogP contribution in [0.25, 0.3) is 22.0 Å². The minimum atomic E-state index is -0.936. The van der Waals surface area contributed by atoms with Gasteiger partial charge in [0.25, 0.3) is 0 Å². The van der Waals surface area contributed by atoms with Crippen LogP contribution in [0.1, 0.15) is 15.9 Å². The maximum absolute atomic E-state index is 11.4. The van der Waals surface area contributed by atoms with Crippen molar-refractivity contribution in [3.8, 4) is 11.1 Å². The zero-order chi connectivity index (χ0) is 19.5. The van der Waals surface area contributed by atoms with E-state index in [4.69, 9.17) is 11.6 Å². The number of hydrogen-bond acceptors (Lipinski definition) is 4. The Hall–Kier alpha value is -3.44. The largest absolute Gasteiger partial charge is 0.478 e. The molecule has 4 aromatic rings. The molecular formula is C22H16ClN3O2. The first kappa shape index (κ1) is 17.9. The van der Waals surface area contributed by atoms with Crippen LogP contribution in [0.3, 0.4) is 0 Å². The van der Waals surface area contributed by atoms with Gasteiger partial charge >= 0.3 is 5.97 Å². The number of halogens is 1. The van der Waals surface area contributed by atoms with Gasteiger partial charge in [0.2, 0.25) is 5.28 Å². The molecule has 0 fully saturated rings. The van der Waals surface area contributed by atoms with E-state index < -0.39 is 5.97 Å². The third kappa shape index (κ3) is 3.66. The number of rotatable bonds is 5. The maximum atomic E-state index is 11.4. The zero-order valence-corrected chi connectivity index (χ0v) is 15.5. The summed E-state index contributed by atoms with van der Waals surface area (Å²) in [7, 11) is 0. The number of carbonyl (C=O) groups is 1. The molecule has 1 aromatic heterocycles. The summed E-state index contributed by atoms with van der Waals surface area (Å²) in [5.74, 6) is -0.259. The van der Waals surface area contributed by atoms with Gasteiger partial charge in [-0.25, -0.2) is 14.8 Å². The molecule has 0 unspecified atom stereocenters. The summed E-state index contributed by atoms with van der Waals surface area (Å²) >= 11 is 6.02. The highest BCUT2D eigenvalue weighted by Crippen LogP contribution is 2.25. The number of carboxylic acids is 1. The fourth-order valence-corrected chi connectivity index (χ4v) is 3.27. The second-order valence-corrected chi connectivity index (χ2v) is 6.60. The zero-order valence-electron chi connectivity index (χ0n) is 14.8. The van der Waals surface area contributed by atoms with Gasteiger partial charge in [0.05, 0.1) is 11.1 Å². The summed E-state index contributed by atoms with van der Waals surface area (Å²) in [5.41, 5.74) is 3.66. The molecule has 2 N–H and O–H groups in total. The summed E-state index contributed by atoms with van der Waals surface area (Å²) in [5, 5.41) is 13.8. The van der Waals surface area contributed by atoms with Crippen LogP contribution in [0.2, 0.25) is 5.28 Å². The van der Waals surface area contributed by atoms with Crippen molar-refractivity contribution in [2.24, 2.45) is 0 Å². The van der Waals surface area contributed by atoms with Crippen LogP contribution < -0.4 is 5.32 Å². The number of hydrogen-bond donors (Lipinski definition) is 2. The minimum absolute atomic E-state index is 0.196. The molecule has 0 radical (unpaired) electrons. The third-order valence-electron chi connectivity index (χ3n) is 4.46. The van der Waals surface area contributed by atoms with E-state index in [0.717, 1.165) is 22.0 Å². The third-order valence-corrected chi connectivity index (χ3v) is 4.63. The molecule has 3 aromatic carbocycles. The smallest absolute Gasteiger partial charge is 0.336 e. The van der Waals surface area contributed by atoms with Gasteiger partial charge in [-0.3, -0.25) is 0 Å². The molecule has 4 rings (SSSR count). The lowest BCUT2D eigenvalue weighted by molar-refractivity contribution is 0.0697. The van der Waals surface area contributed by atoms with Gasteiger partial charge in [-0.2, -0.15) is 0 Å². The summed E-state index contributed by atoms with van der Waals surface area (Å²) in [6, 6.07) is 22.4. The quantitative estimate of drug-likeness (QED) is 0.455. The van der Waals surface area contributed by atoms with Crippen molar-refractivity contribution in [3.05, 3.63) is 89.2 Å². The summed E-state index contributed by atoms with van der Waals surface area (Å²) in [6.45, 7) is 0.554. The van der Waals surface area contributed by atoms with Crippen molar-refractivity contribution in [3.63, 3.8) is 0 Å². The molecule has 0 atom stereocenters. The molecule has 5 nitrogen and oxygen atoms in total. The van der Waals surface area contributed by atoms with Crippen LogP contribution in [0.4, 0.5) is 5.82 Å². The fraction of sp³-hybridized carbons (Fsp3) is 0.0455. The molecular weight excluding hydrogens is 374 g/mol. The topological polar surface area (TPSA) is 75.1 Å². The first-order valence-corrected chi connectivity index (χ1v) is 9.07. The number of carboxylic acid groups (broad SMARTS) is 1. The predicted molar refractivity (Wildman–Crippen MR) is 111 cm³/mol. The first-order chi connectivity index (χ1) is 13.6.